The summed E-state index contributed by atoms with van der Waals surface area (Å²) in [6, 6.07) is 19.2. The molecule has 1 heteroatoms. The van der Waals surface area contributed by atoms with Gasteiger partial charge in [0.2, 0.25) is 0 Å². The van der Waals surface area contributed by atoms with Crippen molar-refractivity contribution in [3.05, 3.63) is 54.6 Å². The molecule has 0 nitrogen and oxygen atoms in total. The molecule has 0 bridgehead atoms. The lowest BCUT2D eigenvalue weighted by Crippen LogP contribution is -2.01. The van der Waals surface area contributed by atoms with Gasteiger partial charge in [0.25, 0.3) is 0 Å². The SMILES string of the molecule is [B]c1cc2ccc3cccc4ccc(c1)c2c34. The number of hydrogen-bond acceptors (Lipinski definition) is 0. The fourth-order valence-electron chi connectivity index (χ4n) is 2.78. The van der Waals surface area contributed by atoms with Gasteiger partial charge in [-0.2, -0.15) is 0 Å². The first-order valence-corrected chi connectivity index (χ1v) is 5.76. The zero-order valence-corrected chi connectivity index (χ0v) is 9.27. The van der Waals surface area contributed by atoms with Gasteiger partial charge in [-0.05, 0) is 32.3 Å². The Morgan fingerprint density at radius 1 is 0.588 bits per heavy atom. The molecule has 0 saturated carbocycles. The van der Waals surface area contributed by atoms with Crippen molar-refractivity contribution in [1.82, 2.24) is 0 Å². The molecule has 0 spiro atoms. The molecule has 0 saturated heterocycles. The predicted octanol–water partition coefficient (Wildman–Crippen LogP) is 3.38. The van der Waals surface area contributed by atoms with Crippen LogP contribution in [-0.2, 0) is 0 Å². The monoisotopic (exact) mass is 212 g/mol. The second-order valence-corrected chi connectivity index (χ2v) is 4.55. The van der Waals surface area contributed by atoms with Gasteiger partial charge in [0.1, 0.15) is 7.85 Å². The van der Waals surface area contributed by atoms with Crippen molar-refractivity contribution in [2.45, 2.75) is 0 Å². The van der Waals surface area contributed by atoms with E-state index in [9.17, 15) is 0 Å². The zero-order chi connectivity index (χ0) is 11.4. The Kier molecular flexibility index (Phi) is 1.60. The summed E-state index contributed by atoms with van der Waals surface area (Å²) in [5, 5.41) is 7.72. The summed E-state index contributed by atoms with van der Waals surface area (Å²) in [5.74, 6) is 0. The van der Waals surface area contributed by atoms with Gasteiger partial charge in [-0.15, -0.1) is 0 Å². The Labute approximate surface area is 101 Å². The number of hydrogen-bond donors (Lipinski definition) is 0. The minimum atomic E-state index is 0.830. The summed E-state index contributed by atoms with van der Waals surface area (Å²) >= 11 is 0. The highest BCUT2D eigenvalue weighted by Crippen LogP contribution is 2.33. The van der Waals surface area contributed by atoms with E-state index in [2.05, 4.69) is 42.5 Å². The third kappa shape index (κ3) is 1.14. The maximum Gasteiger partial charge on any atom is 0.113 e. The van der Waals surface area contributed by atoms with Gasteiger partial charge in [-0.25, -0.2) is 0 Å². The molecule has 2 radical (unpaired) electrons. The topological polar surface area (TPSA) is 0 Å². The summed E-state index contributed by atoms with van der Waals surface area (Å²) in [5.41, 5.74) is 0.830. The van der Waals surface area contributed by atoms with Crippen molar-refractivity contribution < 1.29 is 0 Å². The minimum absolute atomic E-state index is 0.830. The Morgan fingerprint density at radius 3 is 1.65 bits per heavy atom. The molecule has 4 aromatic carbocycles. The van der Waals surface area contributed by atoms with Gasteiger partial charge in [0.05, 0.1) is 0 Å². The van der Waals surface area contributed by atoms with Crippen LogP contribution in [0.15, 0.2) is 54.6 Å². The predicted molar refractivity (Wildman–Crippen MR) is 75.5 cm³/mol. The van der Waals surface area contributed by atoms with Gasteiger partial charge in [0.15, 0.2) is 0 Å². The molecule has 17 heavy (non-hydrogen) atoms. The standard InChI is InChI=1S/C16H9B/c17-14-8-12-6-4-10-2-1-3-11-5-7-13(9-14)16(12)15(10)11/h1-9H. The highest BCUT2D eigenvalue weighted by molar-refractivity contribution is 6.36. The molecule has 0 atom stereocenters. The Balaban J connectivity index is 2.45. The van der Waals surface area contributed by atoms with Crippen LogP contribution in [0.25, 0.3) is 32.3 Å². The summed E-state index contributed by atoms with van der Waals surface area (Å²) in [4.78, 5) is 0. The second-order valence-electron chi connectivity index (χ2n) is 4.55. The van der Waals surface area contributed by atoms with Crippen LogP contribution >= 0.6 is 0 Å². The van der Waals surface area contributed by atoms with E-state index < -0.39 is 0 Å². The van der Waals surface area contributed by atoms with Gasteiger partial charge < -0.3 is 0 Å². The van der Waals surface area contributed by atoms with Crippen LogP contribution in [0.1, 0.15) is 0 Å². The molecular formula is C16H9B. The van der Waals surface area contributed by atoms with E-state index in [1.807, 2.05) is 12.1 Å². The van der Waals surface area contributed by atoms with Gasteiger partial charge in [-0.3, -0.25) is 0 Å². The molecule has 0 aliphatic carbocycles. The fraction of sp³-hybridized carbons (Fsp3) is 0. The molecule has 0 amide bonds. The van der Waals surface area contributed by atoms with E-state index in [0.29, 0.717) is 0 Å². The second kappa shape index (κ2) is 3.01. The van der Waals surface area contributed by atoms with Crippen molar-refractivity contribution in [1.29, 1.82) is 0 Å². The molecular weight excluding hydrogens is 203 g/mol. The van der Waals surface area contributed by atoms with Crippen LogP contribution < -0.4 is 5.46 Å². The van der Waals surface area contributed by atoms with E-state index >= 15 is 0 Å². The first-order valence-electron chi connectivity index (χ1n) is 5.76. The fourth-order valence-corrected chi connectivity index (χ4v) is 2.78. The normalized spacial score (nSPS) is 11.8. The smallest absolute Gasteiger partial charge is 0.0955 e. The van der Waals surface area contributed by atoms with Crippen LogP contribution in [0.4, 0.5) is 0 Å². The lowest BCUT2D eigenvalue weighted by molar-refractivity contribution is 1.80. The zero-order valence-electron chi connectivity index (χ0n) is 9.27. The molecule has 0 aliphatic rings. The maximum atomic E-state index is 5.93. The van der Waals surface area contributed by atoms with E-state index in [1.165, 1.54) is 32.3 Å². The third-order valence-corrected chi connectivity index (χ3v) is 3.49. The quantitative estimate of drug-likeness (QED) is 0.309. The van der Waals surface area contributed by atoms with E-state index in [-0.39, 0.29) is 0 Å². The van der Waals surface area contributed by atoms with Crippen molar-refractivity contribution >= 4 is 45.6 Å². The van der Waals surface area contributed by atoms with Gasteiger partial charge in [-0.1, -0.05) is 60.1 Å². The molecule has 0 N–H and O–H groups in total. The molecule has 0 aromatic heterocycles. The van der Waals surface area contributed by atoms with Crippen molar-refractivity contribution in [3.8, 4) is 0 Å². The first-order chi connectivity index (χ1) is 8.33. The molecule has 4 rings (SSSR count). The summed E-state index contributed by atoms with van der Waals surface area (Å²) in [6.07, 6.45) is 0. The van der Waals surface area contributed by atoms with Crippen molar-refractivity contribution in [3.63, 3.8) is 0 Å². The largest absolute Gasteiger partial charge is 0.113 e. The van der Waals surface area contributed by atoms with Crippen LogP contribution in [0, 0.1) is 0 Å². The van der Waals surface area contributed by atoms with Crippen LogP contribution in [0.5, 0.6) is 0 Å². The average molecular weight is 212 g/mol. The van der Waals surface area contributed by atoms with Crippen LogP contribution in [0.3, 0.4) is 0 Å². The highest BCUT2D eigenvalue weighted by atomic mass is 14.1. The van der Waals surface area contributed by atoms with E-state index in [4.69, 9.17) is 7.85 Å². The summed E-state index contributed by atoms with van der Waals surface area (Å²) in [6.45, 7) is 0. The minimum Gasteiger partial charge on any atom is -0.0955 e. The summed E-state index contributed by atoms with van der Waals surface area (Å²) in [7, 11) is 5.93. The highest BCUT2D eigenvalue weighted by Gasteiger charge is 2.07. The molecule has 0 heterocycles. The van der Waals surface area contributed by atoms with Crippen LogP contribution in [-0.4, -0.2) is 7.85 Å². The van der Waals surface area contributed by atoms with E-state index in [1.54, 1.807) is 0 Å². The Bertz CT molecular complexity index is 782. The number of benzene rings is 4. The van der Waals surface area contributed by atoms with E-state index in [0.717, 1.165) is 5.46 Å². The number of rotatable bonds is 0. The van der Waals surface area contributed by atoms with Gasteiger partial charge >= 0.3 is 0 Å². The molecule has 76 valence electrons. The van der Waals surface area contributed by atoms with Gasteiger partial charge in [0, 0.05) is 0 Å². The molecule has 0 fully saturated rings. The van der Waals surface area contributed by atoms with Crippen molar-refractivity contribution in [2.75, 3.05) is 0 Å². The molecule has 0 aliphatic heterocycles. The first kappa shape index (κ1) is 9.06. The Morgan fingerprint density at radius 2 is 1.06 bits per heavy atom. The lowest BCUT2D eigenvalue weighted by Gasteiger charge is -2.11. The average Bonchev–Trinajstić information content (AvgIpc) is 2.35. The molecule has 4 aromatic rings. The third-order valence-electron chi connectivity index (χ3n) is 3.49. The lowest BCUT2D eigenvalue weighted by atomic mass is 9.88. The summed E-state index contributed by atoms with van der Waals surface area (Å²) < 4.78 is 0. The van der Waals surface area contributed by atoms with Crippen molar-refractivity contribution in [2.24, 2.45) is 0 Å². The maximum absolute atomic E-state index is 5.93. The molecule has 0 unspecified atom stereocenters. The van der Waals surface area contributed by atoms with Crippen LogP contribution in [0.2, 0.25) is 0 Å². The Hall–Kier alpha value is -2.02.